The molecule has 5 atom stereocenters. The van der Waals surface area contributed by atoms with Gasteiger partial charge in [0.1, 0.15) is 24.1 Å². The van der Waals surface area contributed by atoms with Crippen LogP contribution in [-0.4, -0.2) is 110 Å². The number of hydrogen-bond donors (Lipinski definition) is 3. The molecule has 0 saturated carbocycles. The molecule has 2 aliphatic heterocycles. The van der Waals surface area contributed by atoms with Gasteiger partial charge in [-0.2, -0.15) is 0 Å². The fraction of sp³-hybridized carbons (Fsp3) is 0.641. The van der Waals surface area contributed by atoms with Crippen molar-refractivity contribution in [3.8, 4) is 11.5 Å². The number of carbonyl (C=O) groups is 2. The second kappa shape index (κ2) is 21.9. The zero-order chi connectivity index (χ0) is 37.3. The summed E-state index contributed by atoms with van der Waals surface area (Å²) in [5.41, 5.74) is 8.63. The number of esters is 1. The van der Waals surface area contributed by atoms with E-state index in [9.17, 15) is 9.59 Å². The third-order valence-corrected chi connectivity index (χ3v) is 9.32. The molecule has 2 aromatic rings. The maximum atomic E-state index is 13.3. The number of nitrogens with two attached hydrogens (primary N) is 1. The molecule has 0 bridgehead atoms. The van der Waals surface area contributed by atoms with E-state index in [4.69, 9.17) is 38.9 Å². The Morgan fingerprint density at radius 1 is 1.00 bits per heavy atom. The average molecular weight is 729 g/mol. The Morgan fingerprint density at radius 3 is 2.44 bits per heavy atom. The minimum atomic E-state index is -0.843. The Labute approximate surface area is 309 Å². The van der Waals surface area contributed by atoms with Gasteiger partial charge in [-0.25, -0.2) is 4.79 Å². The number of unbranched alkanes of at least 4 members (excludes halogenated alkanes) is 1. The highest BCUT2D eigenvalue weighted by atomic mass is 16.7. The SMILES string of the molecule is CC[C@@H](OC(=O)[C@H](NC(=O)CN)C(C)C)O[C@@H]1CNC[C@H](OCc2ccc3c(c2)N(CCCOC)CCO3)[C@H]1c1ccc(OCCCCOC)cc1. The van der Waals surface area contributed by atoms with Crippen LogP contribution in [0.5, 0.6) is 11.5 Å². The third kappa shape index (κ3) is 12.3. The van der Waals surface area contributed by atoms with E-state index < -0.39 is 24.2 Å². The summed E-state index contributed by atoms with van der Waals surface area (Å²) in [5.74, 6) is 0.299. The van der Waals surface area contributed by atoms with Crippen molar-refractivity contribution in [2.24, 2.45) is 11.7 Å². The molecule has 0 unspecified atom stereocenters. The van der Waals surface area contributed by atoms with Gasteiger partial charge in [-0.1, -0.05) is 39.0 Å². The second-order valence-electron chi connectivity index (χ2n) is 13.6. The molecule has 13 nitrogen and oxygen atoms in total. The van der Waals surface area contributed by atoms with Crippen LogP contribution in [0.25, 0.3) is 0 Å². The zero-order valence-electron chi connectivity index (χ0n) is 31.6. The average Bonchev–Trinajstić information content (AvgIpc) is 3.16. The first kappa shape index (κ1) is 41.3. The Morgan fingerprint density at radius 2 is 1.73 bits per heavy atom. The highest BCUT2D eigenvalue weighted by molar-refractivity contribution is 5.85. The van der Waals surface area contributed by atoms with Gasteiger partial charge in [0.25, 0.3) is 0 Å². The molecule has 1 saturated heterocycles. The van der Waals surface area contributed by atoms with E-state index in [0.717, 1.165) is 60.7 Å². The quantitative estimate of drug-likeness (QED) is 0.0920. The summed E-state index contributed by atoms with van der Waals surface area (Å²) in [5, 5.41) is 6.16. The molecular weight excluding hydrogens is 668 g/mol. The summed E-state index contributed by atoms with van der Waals surface area (Å²) < 4.78 is 41.6. The number of piperidine rings is 1. The van der Waals surface area contributed by atoms with Gasteiger partial charge in [-0.05, 0) is 60.6 Å². The Bertz CT molecular complexity index is 1360. The first-order chi connectivity index (χ1) is 25.3. The number of hydrogen-bond acceptors (Lipinski definition) is 12. The molecule has 2 aromatic carbocycles. The van der Waals surface area contributed by atoms with Crippen LogP contribution < -0.4 is 30.7 Å². The molecular formula is C39H60N4O9. The fourth-order valence-electron chi connectivity index (χ4n) is 6.49. The van der Waals surface area contributed by atoms with Crippen LogP contribution in [0.2, 0.25) is 0 Å². The predicted octanol–water partition coefficient (Wildman–Crippen LogP) is 3.76. The molecule has 0 radical (unpaired) electrons. The molecule has 13 heteroatoms. The number of nitrogens with one attached hydrogen (secondary N) is 2. The maximum Gasteiger partial charge on any atom is 0.331 e. The van der Waals surface area contributed by atoms with Crippen molar-refractivity contribution in [3.05, 3.63) is 53.6 Å². The number of methoxy groups -OCH3 is 2. The van der Waals surface area contributed by atoms with Crippen LogP contribution in [0.15, 0.2) is 42.5 Å². The molecule has 0 spiro atoms. The van der Waals surface area contributed by atoms with Gasteiger partial charge in [-0.3, -0.25) is 4.79 Å². The standard InChI is InChI=1S/C39H60N4O9/c1-6-36(52-39(45)38(27(2)3)42-35(44)23-40)51-34-25-41-24-33(37(34)29-11-13-30(14-12-29)48-20-8-7-18-46-4)50-26-28-10-15-32-31(22-28)43(17-21-49-32)16-9-19-47-5/h10-15,22,27,33-34,36-38,41H,6-9,16-21,23-26,40H2,1-5H3,(H,42,44)/t33-,34+,36+,37+,38+/m0/s1. The Hall–Kier alpha value is -3.46. The van der Waals surface area contributed by atoms with E-state index in [-0.39, 0.29) is 30.6 Å². The lowest BCUT2D eigenvalue weighted by molar-refractivity contribution is -0.202. The second-order valence-corrected chi connectivity index (χ2v) is 13.6. The lowest BCUT2D eigenvalue weighted by atomic mass is 9.85. The number of anilines is 1. The number of rotatable bonds is 22. The van der Waals surface area contributed by atoms with Crippen molar-refractivity contribution < 1.29 is 42.7 Å². The lowest BCUT2D eigenvalue weighted by Crippen LogP contribution is -2.52. The zero-order valence-corrected chi connectivity index (χ0v) is 31.6. The first-order valence-electron chi connectivity index (χ1n) is 18.7. The lowest BCUT2D eigenvalue weighted by Gasteiger charge is -2.40. The number of nitrogens with zero attached hydrogens (tertiary/aromatic N) is 1. The van der Waals surface area contributed by atoms with Gasteiger partial charge in [0.05, 0.1) is 44.2 Å². The minimum absolute atomic E-state index is 0.186. The van der Waals surface area contributed by atoms with E-state index in [2.05, 4.69) is 39.8 Å². The topological polar surface area (TPSA) is 152 Å². The summed E-state index contributed by atoms with van der Waals surface area (Å²) in [6.07, 6.45) is 1.71. The van der Waals surface area contributed by atoms with Crippen molar-refractivity contribution in [2.75, 3.05) is 78.3 Å². The number of ether oxygens (including phenoxy) is 7. The van der Waals surface area contributed by atoms with Gasteiger partial charge < -0.3 is 54.4 Å². The third-order valence-electron chi connectivity index (χ3n) is 9.32. The van der Waals surface area contributed by atoms with Crippen molar-refractivity contribution >= 4 is 17.6 Å². The Kier molecular flexibility index (Phi) is 17.4. The smallest absolute Gasteiger partial charge is 0.331 e. The van der Waals surface area contributed by atoms with E-state index in [0.29, 0.717) is 52.5 Å². The first-order valence-corrected chi connectivity index (χ1v) is 18.7. The van der Waals surface area contributed by atoms with Gasteiger partial charge >= 0.3 is 5.97 Å². The highest BCUT2D eigenvalue weighted by Crippen LogP contribution is 2.35. The molecule has 1 fully saturated rings. The molecule has 290 valence electrons. The van der Waals surface area contributed by atoms with E-state index >= 15 is 0 Å². The van der Waals surface area contributed by atoms with Crippen LogP contribution >= 0.6 is 0 Å². The molecule has 1 amide bonds. The number of amides is 1. The molecule has 2 aliphatic rings. The molecule has 0 aromatic heterocycles. The van der Waals surface area contributed by atoms with Crippen molar-refractivity contribution in [2.45, 2.75) is 83.5 Å². The van der Waals surface area contributed by atoms with Crippen molar-refractivity contribution in [1.29, 1.82) is 0 Å². The molecule has 4 rings (SSSR count). The predicted molar refractivity (Wildman–Crippen MR) is 199 cm³/mol. The van der Waals surface area contributed by atoms with Crippen LogP contribution in [-0.2, 0) is 39.9 Å². The summed E-state index contributed by atoms with van der Waals surface area (Å²) in [6, 6.07) is 13.5. The van der Waals surface area contributed by atoms with Crippen molar-refractivity contribution in [3.63, 3.8) is 0 Å². The number of fused-ring (bicyclic) bond motifs is 1. The van der Waals surface area contributed by atoms with Gasteiger partial charge in [0, 0.05) is 59.4 Å². The van der Waals surface area contributed by atoms with E-state index in [1.165, 1.54) is 0 Å². The monoisotopic (exact) mass is 728 g/mol. The highest BCUT2D eigenvalue weighted by Gasteiger charge is 2.38. The summed E-state index contributed by atoms with van der Waals surface area (Å²) in [7, 11) is 3.43. The van der Waals surface area contributed by atoms with Crippen LogP contribution in [0.4, 0.5) is 5.69 Å². The van der Waals surface area contributed by atoms with E-state index in [1.54, 1.807) is 14.2 Å². The largest absolute Gasteiger partial charge is 0.494 e. The molecule has 52 heavy (non-hydrogen) atoms. The maximum absolute atomic E-state index is 13.3. The number of carbonyl (C=O) groups excluding carboxylic acids is 2. The Balaban J connectivity index is 1.52. The fourth-order valence-corrected chi connectivity index (χ4v) is 6.49. The van der Waals surface area contributed by atoms with Gasteiger partial charge in [0.2, 0.25) is 12.2 Å². The van der Waals surface area contributed by atoms with Gasteiger partial charge in [-0.15, -0.1) is 0 Å². The molecule has 2 heterocycles. The van der Waals surface area contributed by atoms with Crippen LogP contribution in [0, 0.1) is 5.92 Å². The van der Waals surface area contributed by atoms with Crippen LogP contribution in [0.1, 0.15) is 63.5 Å². The number of benzene rings is 2. The summed E-state index contributed by atoms with van der Waals surface area (Å²) in [4.78, 5) is 27.7. The van der Waals surface area contributed by atoms with Crippen LogP contribution in [0.3, 0.4) is 0 Å². The van der Waals surface area contributed by atoms with Gasteiger partial charge in [0.15, 0.2) is 0 Å². The summed E-state index contributed by atoms with van der Waals surface area (Å²) >= 11 is 0. The van der Waals surface area contributed by atoms with Crippen molar-refractivity contribution in [1.82, 2.24) is 10.6 Å². The normalized spacial score (nSPS) is 19.8. The van der Waals surface area contributed by atoms with E-state index in [1.807, 2.05) is 39.0 Å². The summed E-state index contributed by atoms with van der Waals surface area (Å²) in [6.45, 7) is 11.3. The molecule has 4 N–H and O–H groups in total. The molecule has 0 aliphatic carbocycles. The minimum Gasteiger partial charge on any atom is -0.494 e.